The maximum atomic E-state index is 11.7. The Kier molecular flexibility index (Phi) is 3.24. The molecule has 0 saturated carbocycles. The van der Waals surface area contributed by atoms with Crippen molar-refractivity contribution < 1.29 is 9.53 Å². The lowest BCUT2D eigenvalue weighted by molar-refractivity contribution is 0.0988. The molecule has 4 N–H and O–H groups in total. The van der Waals surface area contributed by atoms with E-state index in [9.17, 15) is 4.79 Å². The number of amides is 1. The van der Waals surface area contributed by atoms with Gasteiger partial charge in [0.25, 0.3) is 5.91 Å². The van der Waals surface area contributed by atoms with Crippen LogP contribution in [-0.2, 0) is 6.54 Å². The molecule has 5 heteroatoms. The van der Waals surface area contributed by atoms with E-state index in [4.69, 9.17) is 16.2 Å². The van der Waals surface area contributed by atoms with Gasteiger partial charge in [-0.05, 0) is 26.0 Å². The zero-order valence-corrected chi connectivity index (χ0v) is 11.4. The standard InChI is InChI=1S/C14H19N3O2/c1-14(2,16)8-17-10-7-5-4-6-9(10)12(19-3)11(17)13(15)18/h4-7H,8,16H2,1-3H3,(H2,15,18). The number of methoxy groups -OCH3 is 1. The van der Waals surface area contributed by atoms with E-state index in [1.165, 1.54) is 7.11 Å². The van der Waals surface area contributed by atoms with Crippen molar-refractivity contribution in [2.75, 3.05) is 7.11 Å². The summed E-state index contributed by atoms with van der Waals surface area (Å²) in [5, 5.41) is 0.864. The van der Waals surface area contributed by atoms with Gasteiger partial charge in [0.1, 0.15) is 0 Å². The number of ether oxygens (including phenoxy) is 1. The summed E-state index contributed by atoms with van der Waals surface area (Å²) in [4.78, 5) is 11.7. The van der Waals surface area contributed by atoms with E-state index in [0.29, 0.717) is 18.0 Å². The molecule has 2 aromatic rings. The molecule has 0 aliphatic rings. The zero-order chi connectivity index (χ0) is 14.2. The molecule has 1 aromatic heterocycles. The Bertz CT molecular complexity index is 623. The fraction of sp³-hybridized carbons (Fsp3) is 0.357. The maximum Gasteiger partial charge on any atom is 0.269 e. The number of carbonyl (C=O) groups excluding carboxylic acids is 1. The number of nitrogens with zero attached hydrogens (tertiary/aromatic N) is 1. The number of nitrogens with two attached hydrogens (primary N) is 2. The van der Waals surface area contributed by atoms with Crippen LogP contribution >= 0.6 is 0 Å². The quantitative estimate of drug-likeness (QED) is 0.874. The molecule has 1 aromatic carbocycles. The largest absolute Gasteiger partial charge is 0.494 e. The highest BCUT2D eigenvalue weighted by Crippen LogP contribution is 2.33. The minimum Gasteiger partial charge on any atom is -0.494 e. The molecular weight excluding hydrogens is 242 g/mol. The number of benzene rings is 1. The lowest BCUT2D eigenvalue weighted by Crippen LogP contribution is -2.38. The summed E-state index contributed by atoms with van der Waals surface area (Å²) in [6.07, 6.45) is 0. The Morgan fingerprint density at radius 3 is 2.53 bits per heavy atom. The Hall–Kier alpha value is -2.01. The molecule has 0 radical (unpaired) electrons. The van der Waals surface area contributed by atoms with Gasteiger partial charge in [0.05, 0.1) is 12.6 Å². The van der Waals surface area contributed by atoms with Gasteiger partial charge in [0, 0.05) is 17.5 Å². The smallest absolute Gasteiger partial charge is 0.269 e. The molecule has 0 unspecified atom stereocenters. The first-order valence-corrected chi connectivity index (χ1v) is 6.09. The SMILES string of the molecule is COc1c(C(N)=O)n(CC(C)(C)N)c2ccccc12. The average Bonchev–Trinajstić information content (AvgIpc) is 2.61. The molecule has 0 atom stereocenters. The number of rotatable bonds is 4. The number of hydrogen-bond acceptors (Lipinski definition) is 3. The van der Waals surface area contributed by atoms with Crippen LogP contribution in [0.3, 0.4) is 0 Å². The Balaban J connectivity index is 2.78. The van der Waals surface area contributed by atoms with Crippen molar-refractivity contribution in [2.45, 2.75) is 25.9 Å². The topological polar surface area (TPSA) is 83.3 Å². The zero-order valence-electron chi connectivity index (χ0n) is 11.4. The van der Waals surface area contributed by atoms with Crippen LogP contribution in [0.4, 0.5) is 0 Å². The highest BCUT2D eigenvalue weighted by Gasteiger charge is 2.24. The second-order valence-corrected chi connectivity index (χ2v) is 5.34. The monoisotopic (exact) mass is 261 g/mol. The van der Waals surface area contributed by atoms with E-state index in [0.717, 1.165) is 10.9 Å². The minimum absolute atomic E-state index is 0.363. The number of hydrogen-bond donors (Lipinski definition) is 2. The average molecular weight is 261 g/mol. The van der Waals surface area contributed by atoms with E-state index in [2.05, 4.69) is 0 Å². The third-order valence-electron chi connectivity index (χ3n) is 2.93. The van der Waals surface area contributed by atoms with Gasteiger partial charge in [0.15, 0.2) is 11.4 Å². The van der Waals surface area contributed by atoms with Crippen LogP contribution in [0.25, 0.3) is 10.9 Å². The molecule has 0 saturated heterocycles. The maximum absolute atomic E-state index is 11.7. The highest BCUT2D eigenvalue weighted by atomic mass is 16.5. The van der Waals surface area contributed by atoms with Crippen LogP contribution in [0.2, 0.25) is 0 Å². The number of fused-ring (bicyclic) bond motifs is 1. The van der Waals surface area contributed by atoms with Gasteiger partial charge < -0.3 is 20.8 Å². The predicted molar refractivity (Wildman–Crippen MR) is 75.3 cm³/mol. The van der Waals surface area contributed by atoms with Gasteiger partial charge in [0.2, 0.25) is 0 Å². The Morgan fingerprint density at radius 2 is 2.00 bits per heavy atom. The number of carbonyl (C=O) groups is 1. The Labute approximate surface area is 112 Å². The van der Waals surface area contributed by atoms with Crippen LogP contribution < -0.4 is 16.2 Å². The second kappa shape index (κ2) is 4.59. The van der Waals surface area contributed by atoms with E-state index < -0.39 is 11.4 Å². The van der Waals surface area contributed by atoms with Gasteiger partial charge in [-0.3, -0.25) is 4.79 Å². The van der Waals surface area contributed by atoms with Crippen molar-refractivity contribution in [3.8, 4) is 5.75 Å². The van der Waals surface area contributed by atoms with Crippen LogP contribution in [-0.4, -0.2) is 23.1 Å². The van der Waals surface area contributed by atoms with Crippen molar-refractivity contribution >= 4 is 16.8 Å². The molecule has 0 bridgehead atoms. The molecule has 1 amide bonds. The normalized spacial score (nSPS) is 11.8. The van der Waals surface area contributed by atoms with Gasteiger partial charge in [-0.1, -0.05) is 12.1 Å². The van der Waals surface area contributed by atoms with Gasteiger partial charge in [-0.15, -0.1) is 0 Å². The van der Waals surface area contributed by atoms with E-state index in [1.807, 2.05) is 42.7 Å². The summed E-state index contributed by atoms with van der Waals surface area (Å²) in [7, 11) is 1.53. The first kappa shape index (κ1) is 13.4. The molecule has 5 nitrogen and oxygen atoms in total. The van der Waals surface area contributed by atoms with Crippen LogP contribution in [0, 0.1) is 0 Å². The van der Waals surface area contributed by atoms with E-state index >= 15 is 0 Å². The fourth-order valence-electron chi connectivity index (χ4n) is 2.29. The van der Waals surface area contributed by atoms with Gasteiger partial charge in [-0.2, -0.15) is 0 Å². The summed E-state index contributed by atoms with van der Waals surface area (Å²) < 4.78 is 7.18. The molecule has 2 rings (SSSR count). The number of aromatic nitrogens is 1. The van der Waals surface area contributed by atoms with Crippen molar-refractivity contribution in [1.29, 1.82) is 0 Å². The first-order chi connectivity index (χ1) is 8.85. The summed E-state index contributed by atoms with van der Waals surface area (Å²) in [6, 6.07) is 7.64. The minimum atomic E-state index is -0.516. The summed E-state index contributed by atoms with van der Waals surface area (Å²) in [5.74, 6) is -0.00958. The lowest BCUT2D eigenvalue weighted by Gasteiger charge is -2.21. The third-order valence-corrected chi connectivity index (χ3v) is 2.93. The molecule has 0 aliphatic heterocycles. The molecule has 102 valence electrons. The van der Waals surface area contributed by atoms with Crippen LogP contribution in [0.1, 0.15) is 24.3 Å². The van der Waals surface area contributed by atoms with Crippen molar-refractivity contribution in [1.82, 2.24) is 4.57 Å². The summed E-state index contributed by atoms with van der Waals surface area (Å²) >= 11 is 0. The van der Waals surface area contributed by atoms with Crippen molar-refractivity contribution in [3.63, 3.8) is 0 Å². The van der Waals surface area contributed by atoms with Crippen molar-refractivity contribution in [2.24, 2.45) is 11.5 Å². The molecule has 0 aliphatic carbocycles. The van der Waals surface area contributed by atoms with Gasteiger partial charge in [-0.25, -0.2) is 0 Å². The molecule has 1 heterocycles. The molecule has 19 heavy (non-hydrogen) atoms. The van der Waals surface area contributed by atoms with Crippen LogP contribution in [0.5, 0.6) is 5.75 Å². The molecule has 0 fully saturated rings. The third kappa shape index (κ3) is 2.42. The van der Waals surface area contributed by atoms with Crippen LogP contribution in [0.15, 0.2) is 24.3 Å². The second-order valence-electron chi connectivity index (χ2n) is 5.34. The molecule has 0 spiro atoms. The summed E-state index contributed by atoms with van der Waals surface area (Å²) in [5.41, 5.74) is 12.4. The highest BCUT2D eigenvalue weighted by molar-refractivity contribution is 6.03. The van der Waals surface area contributed by atoms with E-state index in [1.54, 1.807) is 0 Å². The molecular formula is C14H19N3O2. The fourth-order valence-corrected chi connectivity index (χ4v) is 2.29. The van der Waals surface area contributed by atoms with Crippen molar-refractivity contribution in [3.05, 3.63) is 30.0 Å². The summed E-state index contributed by atoms with van der Waals surface area (Å²) in [6.45, 7) is 4.28. The number of para-hydroxylation sites is 1. The van der Waals surface area contributed by atoms with E-state index in [-0.39, 0.29) is 0 Å². The lowest BCUT2D eigenvalue weighted by atomic mass is 10.1. The number of primary amides is 1. The first-order valence-electron chi connectivity index (χ1n) is 6.09. The Morgan fingerprint density at radius 1 is 1.37 bits per heavy atom. The van der Waals surface area contributed by atoms with Gasteiger partial charge >= 0.3 is 0 Å². The predicted octanol–water partition coefficient (Wildman–Crippen LogP) is 1.49.